The first-order valence-corrected chi connectivity index (χ1v) is 11.1. The molecule has 7 nitrogen and oxygen atoms in total. The molecule has 0 aliphatic heterocycles. The van der Waals surface area contributed by atoms with Crippen LogP contribution in [0.3, 0.4) is 0 Å². The van der Waals surface area contributed by atoms with Crippen molar-refractivity contribution in [3.63, 3.8) is 0 Å². The maximum atomic E-state index is 13.6. The SMILES string of the molecule is CCN(CC)S(=O)(=O)c1ccc(C(=O)Nc2ccc(-n3cccn3)cc2C(F)(F)F)cc1. The number of rotatable bonds is 7. The van der Waals surface area contributed by atoms with Crippen LogP contribution in [0.4, 0.5) is 18.9 Å². The fourth-order valence-electron chi connectivity index (χ4n) is 3.13. The minimum Gasteiger partial charge on any atom is -0.321 e. The molecule has 1 heterocycles. The molecule has 1 amide bonds. The molecule has 1 aromatic heterocycles. The van der Waals surface area contributed by atoms with E-state index in [0.29, 0.717) is 0 Å². The lowest BCUT2D eigenvalue weighted by molar-refractivity contribution is -0.136. The van der Waals surface area contributed by atoms with E-state index < -0.39 is 33.4 Å². The van der Waals surface area contributed by atoms with Gasteiger partial charge in [0.2, 0.25) is 10.0 Å². The third kappa shape index (κ3) is 4.83. The number of nitrogens with one attached hydrogen (secondary N) is 1. The zero-order valence-corrected chi connectivity index (χ0v) is 18.1. The van der Waals surface area contributed by atoms with E-state index in [1.54, 1.807) is 19.9 Å². The number of amides is 1. The van der Waals surface area contributed by atoms with Gasteiger partial charge in [-0.25, -0.2) is 13.1 Å². The quantitative estimate of drug-likeness (QED) is 0.566. The zero-order chi connectivity index (χ0) is 23.5. The van der Waals surface area contributed by atoms with Gasteiger partial charge in [0, 0.05) is 31.0 Å². The van der Waals surface area contributed by atoms with E-state index in [-0.39, 0.29) is 29.2 Å². The molecule has 3 aromatic rings. The van der Waals surface area contributed by atoms with Crippen molar-refractivity contribution in [1.29, 1.82) is 0 Å². The van der Waals surface area contributed by atoms with Gasteiger partial charge in [-0.15, -0.1) is 0 Å². The average molecular weight is 466 g/mol. The van der Waals surface area contributed by atoms with Crippen LogP contribution in [-0.2, 0) is 16.2 Å². The Morgan fingerprint density at radius 1 is 1.09 bits per heavy atom. The van der Waals surface area contributed by atoms with Crippen LogP contribution in [-0.4, -0.2) is 41.5 Å². The first-order valence-electron chi connectivity index (χ1n) is 9.70. The molecule has 0 fully saturated rings. The number of nitrogens with zero attached hydrogens (tertiary/aromatic N) is 3. The summed E-state index contributed by atoms with van der Waals surface area (Å²) in [7, 11) is -3.71. The second-order valence-corrected chi connectivity index (χ2v) is 8.68. The summed E-state index contributed by atoms with van der Waals surface area (Å²) in [6.45, 7) is 3.99. The first-order chi connectivity index (χ1) is 15.1. The molecule has 0 unspecified atom stereocenters. The van der Waals surface area contributed by atoms with E-state index >= 15 is 0 Å². The average Bonchev–Trinajstić information content (AvgIpc) is 3.29. The minimum absolute atomic E-state index is 0.00249. The van der Waals surface area contributed by atoms with Crippen LogP contribution < -0.4 is 5.32 Å². The highest BCUT2D eigenvalue weighted by molar-refractivity contribution is 7.89. The summed E-state index contributed by atoms with van der Waals surface area (Å²) < 4.78 is 68.4. The second-order valence-electron chi connectivity index (χ2n) is 6.75. The molecule has 0 radical (unpaired) electrons. The van der Waals surface area contributed by atoms with Gasteiger partial charge in [-0.2, -0.15) is 22.6 Å². The van der Waals surface area contributed by atoms with E-state index in [0.717, 1.165) is 12.1 Å². The molecule has 11 heteroatoms. The second kappa shape index (κ2) is 9.13. The molecule has 0 spiro atoms. The standard InChI is InChI=1S/C21H21F3N4O3S/c1-3-27(4-2)32(30,31)17-9-6-15(7-10-17)20(29)26-19-11-8-16(28-13-5-12-25-28)14-18(19)21(22,23)24/h5-14H,3-4H2,1-2H3,(H,26,29). The third-order valence-electron chi connectivity index (χ3n) is 4.79. The van der Waals surface area contributed by atoms with Crippen molar-refractivity contribution in [1.82, 2.24) is 14.1 Å². The Morgan fingerprint density at radius 2 is 1.75 bits per heavy atom. The molecule has 0 aliphatic rings. The maximum absolute atomic E-state index is 13.6. The molecule has 0 bridgehead atoms. The predicted molar refractivity (Wildman–Crippen MR) is 113 cm³/mol. The summed E-state index contributed by atoms with van der Waals surface area (Å²) in [6.07, 6.45) is -1.78. The molecule has 0 atom stereocenters. The molecular formula is C21H21F3N4O3S. The maximum Gasteiger partial charge on any atom is 0.418 e. The monoisotopic (exact) mass is 466 g/mol. The van der Waals surface area contributed by atoms with Crippen molar-refractivity contribution in [2.45, 2.75) is 24.9 Å². The van der Waals surface area contributed by atoms with Crippen molar-refractivity contribution in [2.75, 3.05) is 18.4 Å². The minimum atomic E-state index is -4.71. The summed E-state index contributed by atoms with van der Waals surface area (Å²) in [4.78, 5) is 12.6. The Labute approximate surface area is 183 Å². The first kappa shape index (κ1) is 23.5. The number of sulfonamides is 1. The lowest BCUT2D eigenvalue weighted by Gasteiger charge is -2.18. The van der Waals surface area contributed by atoms with E-state index in [2.05, 4.69) is 10.4 Å². The lowest BCUT2D eigenvalue weighted by atomic mass is 10.1. The van der Waals surface area contributed by atoms with Crippen LogP contribution in [0.1, 0.15) is 29.8 Å². The van der Waals surface area contributed by atoms with Crippen molar-refractivity contribution < 1.29 is 26.4 Å². The number of aromatic nitrogens is 2. The van der Waals surface area contributed by atoms with Crippen LogP contribution in [0.5, 0.6) is 0 Å². The Bertz CT molecular complexity index is 1190. The smallest absolute Gasteiger partial charge is 0.321 e. The highest BCUT2D eigenvalue weighted by Gasteiger charge is 2.34. The fourth-order valence-corrected chi connectivity index (χ4v) is 4.58. The predicted octanol–water partition coefficient (Wildman–Crippen LogP) is 4.17. The Hall–Kier alpha value is -3.18. The van der Waals surface area contributed by atoms with E-state index in [1.165, 1.54) is 51.7 Å². The van der Waals surface area contributed by atoms with Crippen LogP contribution in [0.25, 0.3) is 5.69 Å². The fraction of sp³-hybridized carbons (Fsp3) is 0.238. The van der Waals surface area contributed by atoms with Gasteiger partial charge in [-0.05, 0) is 48.5 Å². The molecule has 0 saturated heterocycles. The van der Waals surface area contributed by atoms with Gasteiger partial charge in [0.05, 0.1) is 21.8 Å². The number of hydrogen-bond acceptors (Lipinski definition) is 4. The third-order valence-corrected chi connectivity index (χ3v) is 6.85. The van der Waals surface area contributed by atoms with Gasteiger partial charge >= 0.3 is 6.18 Å². The summed E-state index contributed by atoms with van der Waals surface area (Å²) in [5, 5.41) is 6.17. The number of hydrogen-bond donors (Lipinski definition) is 1. The molecule has 3 rings (SSSR count). The summed E-state index contributed by atoms with van der Waals surface area (Å²) >= 11 is 0. The van der Waals surface area contributed by atoms with Crippen molar-refractivity contribution in [3.8, 4) is 5.69 Å². The Morgan fingerprint density at radius 3 is 2.28 bits per heavy atom. The topological polar surface area (TPSA) is 84.3 Å². The molecular weight excluding hydrogens is 445 g/mol. The number of carbonyl (C=O) groups excluding carboxylic acids is 1. The largest absolute Gasteiger partial charge is 0.418 e. The summed E-state index contributed by atoms with van der Waals surface area (Å²) in [5.74, 6) is -0.797. The summed E-state index contributed by atoms with van der Waals surface area (Å²) in [5.41, 5.74) is -1.24. The highest BCUT2D eigenvalue weighted by atomic mass is 32.2. The number of halogens is 3. The van der Waals surface area contributed by atoms with Crippen molar-refractivity contribution in [3.05, 3.63) is 72.1 Å². The zero-order valence-electron chi connectivity index (χ0n) is 17.3. The normalized spacial score (nSPS) is 12.2. The molecule has 170 valence electrons. The van der Waals surface area contributed by atoms with Gasteiger partial charge in [-0.1, -0.05) is 13.8 Å². The number of carbonyl (C=O) groups is 1. The Kier molecular flexibility index (Phi) is 6.70. The van der Waals surface area contributed by atoms with Crippen LogP contribution in [0.2, 0.25) is 0 Å². The van der Waals surface area contributed by atoms with Gasteiger partial charge in [-0.3, -0.25) is 4.79 Å². The molecule has 1 N–H and O–H groups in total. The molecule has 0 aliphatic carbocycles. The number of anilines is 1. The van der Waals surface area contributed by atoms with Crippen LogP contribution >= 0.6 is 0 Å². The van der Waals surface area contributed by atoms with Gasteiger partial charge in [0.15, 0.2) is 0 Å². The number of benzene rings is 2. The van der Waals surface area contributed by atoms with Gasteiger partial charge in [0.1, 0.15) is 0 Å². The lowest BCUT2D eigenvalue weighted by Crippen LogP contribution is -2.30. The van der Waals surface area contributed by atoms with E-state index in [4.69, 9.17) is 0 Å². The molecule has 32 heavy (non-hydrogen) atoms. The van der Waals surface area contributed by atoms with Crippen molar-refractivity contribution in [2.24, 2.45) is 0 Å². The van der Waals surface area contributed by atoms with Gasteiger partial charge in [0.25, 0.3) is 5.91 Å². The number of alkyl halides is 3. The van der Waals surface area contributed by atoms with E-state index in [9.17, 15) is 26.4 Å². The van der Waals surface area contributed by atoms with E-state index in [1.807, 2.05) is 0 Å². The van der Waals surface area contributed by atoms with Crippen LogP contribution in [0.15, 0.2) is 65.8 Å². The van der Waals surface area contributed by atoms with Gasteiger partial charge < -0.3 is 5.32 Å². The van der Waals surface area contributed by atoms with Crippen LogP contribution in [0, 0.1) is 0 Å². The highest BCUT2D eigenvalue weighted by Crippen LogP contribution is 2.36. The summed E-state index contributed by atoms with van der Waals surface area (Å²) in [6, 6.07) is 10.1. The molecule has 2 aromatic carbocycles. The molecule has 0 saturated carbocycles. The Balaban J connectivity index is 1.87. The van der Waals surface area contributed by atoms with Crippen molar-refractivity contribution >= 4 is 21.6 Å².